The van der Waals surface area contributed by atoms with Gasteiger partial charge in [-0.05, 0) is 109 Å². The molecule has 0 saturated heterocycles. The van der Waals surface area contributed by atoms with Gasteiger partial charge >= 0.3 is 17.9 Å². The summed E-state index contributed by atoms with van der Waals surface area (Å²) >= 11 is 0. The van der Waals surface area contributed by atoms with Crippen molar-refractivity contribution >= 4 is 17.9 Å². The third-order valence-electron chi connectivity index (χ3n) is 10.6. The van der Waals surface area contributed by atoms with Crippen molar-refractivity contribution in [3.8, 4) is 0 Å². The van der Waals surface area contributed by atoms with E-state index in [1.165, 1.54) is 51.4 Å². The number of hydrogen-bond donors (Lipinski definition) is 0. The molecule has 64 heavy (non-hydrogen) atoms. The SMILES string of the molecule is CC\C=C/C=C\C=C/CCCCCCCCCC(=O)OC(COC(=O)CCCCC/C=C\C/C=C\C/C=C\C/C=C\C/C=C\CC)COC(=O)CCCCCCC/C=C\CCCCC. The zero-order valence-electron chi connectivity index (χ0n) is 41.3. The van der Waals surface area contributed by atoms with E-state index in [2.05, 4.69) is 130 Å². The molecular weight excluding hydrogens is 793 g/mol. The number of allylic oxidation sites excluding steroid dienone is 18. The lowest BCUT2D eigenvalue weighted by Crippen LogP contribution is -2.30. The predicted octanol–water partition coefficient (Wildman–Crippen LogP) is 17.1. The van der Waals surface area contributed by atoms with E-state index in [9.17, 15) is 14.4 Å². The van der Waals surface area contributed by atoms with Crippen molar-refractivity contribution in [2.24, 2.45) is 0 Å². The minimum absolute atomic E-state index is 0.100. The van der Waals surface area contributed by atoms with E-state index in [4.69, 9.17) is 14.2 Å². The minimum atomic E-state index is -0.803. The lowest BCUT2D eigenvalue weighted by atomic mass is 10.1. The van der Waals surface area contributed by atoms with Gasteiger partial charge in [0, 0.05) is 19.3 Å². The van der Waals surface area contributed by atoms with Crippen molar-refractivity contribution in [3.63, 3.8) is 0 Å². The summed E-state index contributed by atoms with van der Waals surface area (Å²) in [5, 5.41) is 0. The normalized spacial score (nSPS) is 13.0. The van der Waals surface area contributed by atoms with Gasteiger partial charge in [-0.1, -0.05) is 201 Å². The Morgan fingerprint density at radius 1 is 0.344 bits per heavy atom. The Morgan fingerprint density at radius 3 is 1.16 bits per heavy atom. The van der Waals surface area contributed by atoms with Crippen LogP contribution in [0.2, 0.25) is 0 Å². The van der Waals surface area contributed by atoms with E-state index in [0.29, 0.717) is 19.3 Å². The second-order valence-corrected chi connectivity index (χ2v) is 16.7. The first-order valence-corrected chi connectivity index (χ1v) is 25.9. The fourth-order valence-electron chi connectivity index (χ4n) is 6.70. The third kappa shape index (κ3) is 49.1. The smallest absolute Gasteiger partial charge is 0.306 e. The minimum Gasteiger partial charge on any atom is -0.462 e. The van der Waals surface area contributed by atoms with Crippen LogP contribution in [0, 0.1) is 0 Å². The van der Waals surface area contributed by atoms with Gasteiger partial charge < -0.3 is 14.2 Å². The highest BCUT2D eigenvalue weighted by Crippen LogP contribution is 2.13. The summed E-state index contributed by atoms with van der Waals surface area (Å²) in [7, 11) is 0. The van der Waals surface area contributed by atoms with Gasteiger partial charge in [-0.3, -0.25) is 14.4 Å². The van der Waals surface area contributed by atoms with Gasteiger partial charge in [0.25, 0.3) is 0 Å². The van der Waals surface area contributed by atoms with Crippen LogP contribution in [-0.2, 0) is 28.6 Å². The molecule has 0 aliphatic rings. The van der Waals surface area contributed by atoms with E-state index in [1.54, 1.807) is 0 Å². The first kappa shape index (κ1) is 60.1. The molecule has 362 valence electrons. The molecule has 1 atom stereocenters. The maximum Gasteiger partial charge on any atom is 0.306 e. The molecular formula is C58H94O6. The number of rotatable bonds is 45. The second-order valence-electron chi connectivity index (χ2n) is 16.7. The molecule has 6 nitrogen and oxygen atoms in total. The second kappa shape index (κ2) is 51.7. The van der Waals surface area contributed by atoms with Crippen LogP contribution in [0.5, 0.6) is 0 Å². The van der Waals surface area contributed by atoms with E-state index in [0.717, 1.165) is 128 Å². The van der Waals surface area contributed by atoms with Crippen molar-refractivity contribution in [1.82, 2.24) is 0 Å². The van der Waals surface area contributed by atoms with Gasteiger partial charge in [-0.15, -0.1) is 0 Å². The number of esters is 3. The van der Waals surface area contributed by atoms with Gasteiger partial charge in [0.2, 0.25) is 0 Å². The first-order chi connectivity index (χ1) is 31.5. The van der Waals surface area contributed by atoms with Crippen LogP contribution in [0.4, 0.5) is 0 Å². The van der Waals surface area contributed by atoms with E-state index < -0.39 is 6.10 Å². The molecule has 0 aromatic heterocycles. The summed E-state index contributed by atoms with van der Waals surface area (Å²) in [6.45, 7) is 6.31. The number of ether oxygens (including phenoxy) is 3. The summed E-state index contributed by atoms with van der Waals surface area (Å²) in [5.74, 6) is -0.960. The summed E-state index contributed by atoms with van der Waals surface area (Å²) in [5.41, 5.74) is 0. The molecule has 0 radical (unpaired) electrons. The standard InChI is InChI=1S/C58H94O6/c1-4-7-10-13-16-19-22-25-27-28-29-30-32-33-36-39-42-45-48-51-57(60)63-54-55(53-62-56(59)50-47-44-41-38-35-24-21-18-15-12-9-6-3)64-58(61)52-49-46-43-40-37-34-31-26-23-20-17-14-11-8-5-2/h7-8,10-11,14,16-21,23,25,27,29-30,33,36,55H,4-6,9,12-13,15,22,24,26,28,31-32,34-35,37-54H2,1-3H3/b10-7-,11-8-,17-14-,19-16-,21-18-,23-20-,27-25-,30-29-,36-33-. The zero-order chi connectivity index (χ0) is 46.5. The Labute approximate surface area is 393 Å². The lowest BCUT2D eigenvalue weighted by Gasteiger charge is -2.18. The molecule has 0 bridgehead atoms. The van der Waals surface area contributed by atoms with Crippen molar-refractivity contribution in [3.05, 3.63) is 109 Å². The molecule has 0 spiro atoms. The van der Waals surface area contributed by atoms with E-state index >= 15 is 0 Å². The topological polar surface area (TPSA) is 78.9 Å². The molecule has 6 heteroatoms. The van der Waals surface area contributed by atoms with E-state index in [1.807, 2.05) is 0 Å². The van der Waals surface area contributed by atoms with Gasteiger partial charge in [-0.2, -0.15) is 0 Å². The molecule has 0 aliphatic heterocycles. The van der Waals surface area contributed by atoms with Gasteiger partial charge in [-0.25, -0.2) is 0 Å². The fraction of sp³-hybridized carbons (Fsp3) is 0.638. The van der Waals surface area contributed by atoms with Crippen LogP contribution in [0.3, 0.4) is 0 Å². The summed E-state index contributed by atoms with van der Waals surface area (Å²) < 4.78 is 16.8. The van der Waals surface area contributed by atoms with Crippen LogP contribution in [0.15, 0.2) is 109 Å². The molecule has 0 aromatic rings. The van der Waals surface area contributed by atoms with Crippen molar-refractivity contribution in [1.29, 1.82) is 0 Å². The fourth-order valence-corrected chi connectivity index (χ4v) is 6.70. The maximum absolute atomic E-state index is 12.8. The lowest BCUT2D eigenvalue weighted by molar-refractivity contribution is -0.167. The summed E-state index contributed by atoms with van der Waals surface area (Å²) in [4.78, 5) is 38.0. The molecule has 0 fully saturated rings. The average molecular weight is 887 g/mol. The van der Waals surface area contributed by atoms with Crippen molar-refractivity contribution in [2.75, 3.05) is 13.2 Å². The molecule has 0 aromatic carbocycles. The van der Waals surface area contributed by atoms with E-state index in [-0.39, 0.29) is 31.1 Å². The number of carbonyl (C=O) groups excluding carboxylic acids is 3. The molecule has 0 rings (SSSR count). The Balaban J connectivity index is 4.48. The molecule has 0 N–H and O–H groups in total. The molecule has 1 unspecified atom stereocenters. The predicted molar refractivity (Wildman–Crippen MR) is 274 cm³/mol. The first-order valence-electron chi connectivity index (χ1n) is 25.9. The Bertz CT molecular complexity index is 1340. The molecule has 0 saturated carbocycles. The average Bonchev–Trinajstić information content (AvgIpc) is 3.29. The van der Waals surface area contributed by atoms with Gasteiger partial charge in [0.05, 0.1) is 0 Å². The van der Waals surface area contributed by atoms with Crippen molar-refractivity contribution < 1.29 is 28.6 Å². The monoisotopic (exact) mass is 887 g/mol. The van der Waals surface area contributed by atoms with Gasteiger partial charge in [0.15, 0.2) is 6.10 Å². The zero-order valence-corrected chi connectivity index (χ0v) is 41.3. The highest BCUT2D eigenvalue weighted by molar-refractivity contribution is 5.71. The van der Waals surface area contributed by atoms with Crippen LogP contribution in [0.25, 0.3) is 0 Å². The third-order valence-corrected chi connectivity index (χ3v) is 10.6. The number of unbranched alkanes of at least 4 members (excludes halogenated alkanes) is 18. The van der Waals surface area contributed by atoms with Crippen LogP contribution < -0.4 is 0 Å². The largest absolute Gasteiger partial charge is 0.462 e. The number of carbonyl (C=O) groups is 3. The Hall–Kier alpha value is -3.93. The number of hydrogen-bond acceptors (Lipinski definition) is 6. The molecule has 0 heterocycles. The highest BCUT2D eigenvalue weighted by Gasteiger charge is 2.19. The molecule has 0 amide bonds. The summed E-state index contributed by atoms with van der Waals surface area (Å²) in [6.07, 6.45) is 69.2. The maximum atomic E-state index is 12.8. The quantitative estimate of drug-likeness (QED) is 0.0199. The molecule has 0 aliphatic carbocycles. The van der Waals surface area contributed by atoms with Crippen LogP contribution >= 0.6 is 0 Å². The highest BCUT2D eigenvalue weighted by atomic mass is 16.6. The van der Waals surface area contributed by atoms with Crippen molar-refractivity contribution in [2.45, 2.75) is 226 Å². The van der Waals surface area contributed by atoms with Crippen LogP contribution in [-0.4, -0.2) is 37.2 Å². The van der Waals surface area contributed by atoms with Crippen LogP contribution in [0.1, 0.15) is 220 Å². The Morgan fingerprint density at radius 2 is 0.688 bits per heavy atom. The van der Waals surface area contributed by atoms with Gasteiger partial charge in [0.1, 0.15) is 13.2 Å². The Kier molecular flexibility index (Phi) is 48.5. The summed E-state index contributed by atoms with van der Waals surface area (Å²) in [6, 6.07) is 0.